The molecule has 5 heteroatoms. The van der Waals surface area contributed by atoms with Gasteiger partial charge in [-0.3, -0.25) is 0 Å². The maximum atomic E-state index is 11.8. The Hall–Kier alpha value is -3.21. The first-order valence-electron chi connectivity index (χ1n) is 7.23. The summed E-state index contributed by atoms with van der Waals surface area (Å²) in [4.78, 5) is 11.8. The van der Waals surface area contributed by atoms with Crippen LogP contribution in [0.2, 0.25) is 0 Å². The van der Waals surface area contributed by atoms with Crippen LogP contribution in [0.4, 0.5) is 0 Å². The van der Waals surface area contributed by atoms with Crippen LogP contribution < -0.4 is 5.63 Å². The smallest absolute Gasteiger partial charge is 0.338 e. The molecule has 0 aliphatic rings. The first-order chi connectivity index (χ1) is 11.2. The van der Waals surface area contributed by atoms with Gasteiger partial charge in [0, 0.05) is 10.9 Å². The number of para-hydroxylation sites is 1. The number of hydrogen-bond donors (Lipinski definition) is 0. The van der Waals surface area contributed by atoms with E-state index >= 15 is 0 Å². The minimum Gasteiger partial charge on any atom is -0.423 e. The lowest BCUT2D eigenvalue weighted by atomic mass is 10.1. The van der Waals surface area contributed by atoms with Gasteiger partial charge >= 0.3 is 5.63 Å². The first kappa shape index (κ1) is 13.5. The minimum atomic E-state index is -0.411. The number of rotatable bonds is 2. The molecule has 0 aliphatic heterocycles. The number of benzene rings is 2. The van der Waals surface area contributed by atoms with Gasteiger partial charge < -0.3 is 4.42 Å². The van der Waals surface area contributed by atoms with E-state index in [1.54, 1.807) is 10.7 Å². The summed E-state index contributed by atoms with van der Waals surface area (Å²) >= 11 is 0. The molecule has 2 aromatic carbocycles. The summed E-state index contributed by atoms with van der Waals surface area (Å²) in [6.07, 6.45) is 1.81. The zero-order valence-electron chi connectivity index (χ0n) is 12.4. The maximum Gasteiger partial charge on any atom is 0.338 e. The van der Waals surface area contributed by atoms with Crippen LogP contribution >= 0.6 is 0 Å². The molecule has 0 unspecified atom stereocenters. The number of aryl methyl sites for hydroxylation is 1. The molecule has 4 aromatic rings. The lowest BCUT2D eigenvalue weighted by molar-refractivity contribution is 0.559. The number of hydrogen-bond acceptors (Lipinski definition) is 4. The predicted octanol–water partition coefficient (Wildman–Crippen LogP) is 3.35. The summed E-state index contributed by atoms with van der Waals surface area (Å²) in [6.45, 7) is 2.04. The van der Waals surface area contributed by atoms with Gasteiger partial charge in [0.2, 0.25) is 0 Å². The van der Waals surface area contributed by atoms with Gasteiger partial charge in [-0.2, -0.15) is 0 Å². The second-order valence-electron chi connectivity index (χ2n) is 5.36. The Bertz CT molecular complexity index is 1050. The maximum absolute atomic E-state index is 11.8. The van der Waals surface area contributed by atoms with E-state index in [0.29, 0.717) is 11.3 Å². The molecule has 0 radical (unpaired) electrons. The number of fused-ring (bicyclic) bond motifs is 1. The van der Waals surface area contributed by atoms with Gasteiger partial charge in [-0.25, -0.2) is 9.48 Å². The predicted molar refractivity (Wildman–Crippen MR) is 87.6 cm³/mol. The van der Waals surface area contributed by atoms with Crippen LogP contribution in [-0.4, -0.2) is 15.0 Å². The van der Waals surface area contributed by atoms with Crippen molar-refractivity contribution in [1.82, 2.24) is 15.0 Å². The Labute approximate surface area is 131 Å². The Morgan fingerprint density at radius 3 is 2.65 bits per heavy atom. The van der Waals surface area contributed by atoms with E-state index in [1.807, 2.05) is 55.6 Å². The Balaban J connectivity index is 1.86. The normalized spacial score (nSPS) is 11.0. The van der Waals surface area contributed by atoms with E-state index in [4.69, 9.17) is 4.42 Å². The van der Waals surface area contributed by atoms with E-state index in [1.165, 1.54) is 11.6 Å². The third-order valence-electron chi connectivity index (χ3n) is 3.72. The SMILES string of the molecule is Cc1ccc(-c2cn(-c3cc(=O)oc4ccccc34)nn2)cc1. The summed E-state index contributed by atoms with van der Waals surface area (Å²) < 4.78 is 6.82. The number of nitrogens with zero attached hydrogens (tertiary/aromatic N) is 3. The van der Waals surface area contributed by atoms with Crippen LogP contribution in [0, 0.1) is 6.92 Å². The molecule has 23 heavy (non-hydrogen) atoms. The zero-order chi connectivity index (χ0) is 15.8. The standard InChI is InChI=1S/C18H13N3O2/c1-12-6-8-13(9-7-12)15-11-21(20-19-15)16-10-18(22)23-17-5-3-2-4-14(16)17/h2-11H,1H3. The van der Waals surface area contributed by atoms with Crippen molar-refractivity contribution in [2.45, 2.75) is 6.92 Å². The average molecular weight is 303 g/mol. The van der Waals surface area contributed by atoms with Crippen molar-refractivity contribution in [3.63, 3.8) is 0 Å². The fraction of sp³-hybridized carbons (Fsp3) is 0.0556. The van der Waals surface area contributed by atoms with Gasteiger partial charge in [0.15, 0.2) is 0 Å². The molecule has 0 amide bonds. The van der Waals surface area contributed by atoms with E-state index in [2.05, 4.69) is 10.3 Å². The molecular formula is C18H13N3O2. The van der Waals surface area contributed by atoms with Crippen LogP contribution in [0.3, 0.4) is 0 Å². The molecule has 0 atom stereocenters. The molecule has 5 nitrogen and oxygen atoms in total. The van der Waals surface area contributed by atoms with E-state index < -0.39 is 5.63 Å². The lowest BCUT2D eigenvalue weighted by Gasteiger charge is -2.03. The third-order valence-corrected chi connectivity index (χ3v) is 3.72. The first-order valence-corrected chi connectivity index (χ1v) is 7.23. The largest absolute Gasteiger partial charge is 0.423 e. The molecular weight excluding hydrogens is 290 g/mol. The summed E-state index contributed by atoms with van der Waals surface area (Å²) in [5.41, 5.74) is 3.69. The highest BCUT2D eigenvalue weighted by Gasteiger charge is 2.10. The highest BCUT2D eigenvalue weighted by atomic mass is 16.4. The lowest BCUT2D eigenvalue weighted by Crippen LogP contribution is -2.04. The fourth-order valence-electron chi connectivity index (χ4n) is 2.52. The fourth-order valence-corrected chi connectivity index (χ4v) is 2.52. The van der Waals surface area contributed by atoms with Crippen molar-refractivity contribution in [1.29, 1.82) is 0 Å². The molecule has 112 valence electrons. The van der Waals surface area contributed by atoms with Crippen molar-refractivity contribution in [2.24, 2.45) is 0 Å². The van der Waals surface area contributed by atoms with Crippen LogP contribution in [-0.2, 0) is 0 Å². The van der Waals surface area contributed by atoms with Crippen LogP contribution in [0.25, 0.3) is 27.9 Å². The van der Waals surface area contributed by atoms with Crippen LogP contribution in [0.1, 0.15) is 5.56 Å². The average Bonchev–Trinajstić information content (AvgIpc) is 3.04. The van der Waals surface area contributed by atoms with Gasteiger partial charge in [0.25, 0.3) is 0 Å². The second kappa shape index (κ2) is 5.21. The summed E-state index contributed by atoms with van der Waals surface area (Å²) in [5.74, 6) is 0. The number of aromatic nitrogens is 3. The Kier molecular flexibility index (Phi) is 3.05. The third kappa shape index (κ3) is 2.42. The molecule has 2 aromatic heterocycles. The van der Waals surface area contributed by atoms with E-state index in [-0.39, 0.29) is 0 Å². The zero-order valence-corrected chi connectivity index (χ0v) is 12.4. The molecule has 0 spiro atoms. The van der Waals surface area contributed by atoms with Gasteiger partial charge in [-0.05, 0) is 19.1 Å². The molecule has 0 saturated heterocycles. The van der Waals surface area contributed by atoms with E-state index in [9.17, 15) is 4.79 Å². The molecule has 0 bridgehead atoms. The second-order valence-corrected chi connectivity index (χ2v) is 5.36. The molecule has 0 N–H and O–H groups in total. The molecule has 2 heterocycles. The topological polar surface area (TPSA) is 60.9 Å². The Morgan fingerprint density at radius 2 is 1.83 bits per heavy atom. The van der Waals surface area contributed by atoms with Crippen LogP contribution in [0.5, 0.6) is 0 Å². The molecule has 0 fully saturated rings. The quantitative estimate of drug-likeness (QED) is 0.533. The van der Waals surface area contributed by atoms with Gasteiger partial charge in [-0.15, -0.1) is 5.10 Å². The van der Waals surface area contributed by atoms with E-state index in [0.717, 1.165) is 16.6 Å². The van der Waals surface area contributed by atoms with Crippen molar-refractivity contribution in [3.05, 3.63) is 76.8 Å². The molecule has 0 aliphatic carbocycles. The van der Waals surface area contributed by atoms with Crippen LogP contribution in [0.15, 0.2) is 70.0 Å². The van der Waals surface area contributed by atoms with Gasteiger partial charge in [0.1, 0.15) is 11.3 Å². The van der Waals surface area contributed by atoms with Crippen molar-refractivity contribution < 1.29 is 4.42 Å². The summed E-state index contributed by atoms with van der Waals surface area (Å²) in [5, 5.41) is 9.18. The summed E-state index contributed by atoms with van der Waals surface area (Å²) in [7, 11) is 0. The van der Waals surface area contributed by atoms with Gasteiger partial charge in [0.05, 0.1) is 18.0 Å². The monoisotopic (exact) mass is 303 g/mol. The minimum absolute atomic E-state index is 0.411. The highest BCUT2D eigenvalue weighted by Crippen LogP contribution is 2.22. The Morgan fingerprint density at radius 1 is 1.04 bits per heavy atom. The van der Waals surface area contributed by atoms with Crippen molar-refractivity contribution in [2.75, 3.05) is 0 Å². The van der Waals surface area contributed by atoms with Gasteiger partial charge in [-0.1, -0.05) is 47.2 Å². The van der Waals surface area contributed by atoms with Crippen molar-refractivity contribution in [3.8, 4) is 16.9 Å². The van der Waals surface area contributed by atoms with Crippen molar-refractivity contribution >= 4 is 11.0 Å². The molecule has 4 rings (SSSR count). The molecule has 0 saturated carbocycles. The highest BCUT2D eigenvalue weighted by molar-refractivity contribution is 5.85. The summed E-state index contributed by atoms with van der Waals surface area (Å²) in [6, 6.07) is 16.9.